The highest BCUT2D eigenvalue weighted by Gasteiger charge is 2.47. The number of nitrogens with one attached hydrogen (secondary N) is 1. The molecule has 1 aliphatic rings. The van der Waals surface area contributed by atoms with E-state index >= 15 is 0 Å². The van der Waals surface area contributed by atoms with Gasteiger partial charge in [-0.15, -0.1) is 0 Å². The highest BCUT2D eigenvalue weighted by Crippen LogP contribution is 2.32. The number of carbonyl (C=O) groups is 1. The molecule has 1 aliphatic heterocycles. The molecule has 0 aliphatic carbocycles. The molecule has 1 aromatic rings. The fraction of sp³-hybridized carbons (Fsp3) is 0.429. The number of amides is 1. The third-order valence-electron chi connectivity index (χ3n) is 3.41. The quantitative estimate of drug-likeness (QED) is 0.932. The summed E-state index contributed by atoms with van der Waals surface area (Å²) in [5.74, 6) is -0.570. The Morgan fingerprint density at radius 2 is 2.05 bits per heavy atom. The van der Waals surface area contributed by atoms with Gasteiger partial charge in [-0.3, -0.25) is 4.79 Å². The molecule has 112 valence electrons. The molecule has 1 N–H and O–H groups in total. The Hall–Kier alpha value is -2.23. The summed E-state index contributed by atoms with van der Waals surface area (Å²) in [4.78, 5) is 12.8. The van der Waals surface area contributed by atoms with Gasteiger partial charge >= 0.3 is 6.18 Å². The number of benzene rings is 1. The standard InChI is InChI=1S/C14H14F3N3O/c15-14(16,17)12-2-1-7-20(12)13(21)9-19-11-5-3-10(8-18)4-6-11/h3-6,12,19H,1-2,7,9H2. The molecule has 1 fully saturated rings. The average Bonchev–Trinajstić information content (AvgIpc) is 2.95. The molecule has 0 bridgehead atoms. The molecule has 1 heterocycles. The molecule has 1 atom stereocenters. The molecule has 0 radical (unpaired) electrons. The molecule has 7 heteroatoms. The van der Waals surface area contributed by atoms with Gasteiger partial charge in [0.1, 0.15) is 6.04 Å². The lowest BCUT2D eigenvalue weighted by Gasteiger charge is -2.26. The minimum absolute atomic E-state index is 0.0356. The normalized spacial score (nSPS) is 18.4. The summed E-state index contributed by atoms with van der Waals surface area (Å²) in [6.07, 6.45) is -4.04. The van der Waals surface area contributed by atoms with Crippen LogP contribution in [0.5, 0.6) is 0 Å². The van der Waals surface area contributed by atoms with E-state index in [4.69, 9.17) is 5.26 Å². The first-order chi connectivity index (χ1) is 9.91. The van der Waals surface area contributed by atoms with E-state index in [1.807, 2.05) is 6.07 Å². The molecule has 0 aromatic heterocycles. The third-order valence-corrected chi connectivity index (χ3v) is 3.41. The number of nitrogens with zero attached hydrogens (tertiary/aromatic N) is 2. The van der Waals surface area contributed by atoms with E-state index in [0.29, 0.717) is 17.7 Å². The summed E-state index contributed by atoms with van der Waals surface area (Å²) >= 11 is 0. The predicted octanol–water partition coefficient (Wildman–Crippen LogP) is 2.52. The zero-order chi connectivity index (χ0) is 15.5. The van der Waals surface area contributed by atoms with E-state index in [1.165, 1.54) is 0 Å². The van der Waals surface area contributed by atoms with Crippen LogP contribution in [-0.2, 0) is 4.79 Å². The summed E-state index contributed by atoms with van der Waals surface area (Å²) < 4.78 is 38.3. The second-order valence-corrected chi connectivity index (χ2v) is 4.83. The number of halogens is 3. The first-order valence-electron chi connectivity index (χ1n) is 6.52. The fourth-order valence-corrected chi connectivity index (χ4v) is 2.35. The largest absolute Gasteiger partial charge is 0.408 e. The smallest absolute Gasteiger partial charge is 0.376 e. The Morgan fingerprint density at radius 1 is 1.38 bits per heavy atom. The molecule has 1 saturated heterocycles. The Bertz CT molecular complexity index is 548. The van der Waals surface area contributed by atoms with E-state index in [2.05, 4.69) is 5.32 Å². The van der Waals surface area contributed by atoms with Crippen molar-refractivity contribution < 1.29 is 18.0 Å². The van der Waals surface area contributed by atoms with Gasteiger partial charge in [-0.1, -0.05) is 0 Å². The zero-order valence-electron chi connectivity index (χ0n) is 11.2. The summed E-state index contributed by atoms with van der Waals surface area (Å²) in [6, 6.07) is 6.64. The van der Waals surface area contributed by atoms with Crippen molar-refractivity contribution in [1.29, 1.82) is 5.26 Å². The molecule has 21 heavy (non-hydrogen) atoms. The van der Waals surface area contributed by atoms with Gasteiger partial charge in [0.25, 0.3) is 0 Å². The maximum atomic E-state index is 12.8. The van der Waals surface area contributed by atoms with Crippen molar-refractivity contribution in [2.24, 2.45) is 0 Å². The number of hydrogen-bond donors (Lipinski definition) is 1. The highest BCUT2D eigenvalue weighted by atomic mass is 19.4. The Labute approximate surface area is 120 Å². The molecular formula is C14H14F3N3O. The first kappa shape index (κ1) is 15.2. The highest BCUT2D eigenvalue weighted by molar-refractivity contribution is 5.81. The van der Waals surface area contributed by atoms with Gasteiger partial charge in [-0.25, -0.2) is 0 Å². The number of alkyl halides is 3. The number of carbonyl (C=O) groups excluding carboxylic acids is 1. The van der Waals surface area contributed by atoms with Crippen LogP contribution in [0, 0.1) is 11.3 Å². The topological polar surface area (TPSA) is 56.1 Å². The molecule has 1 unspecified atom stereocenters. The van der Waals surface area contributed by atoms with Crippen LogP contribution in [-0.4, -0.2) is 36.1 Å². The molecule has 0 saturated carbocycles. The minimum atomic E-state index is -4.37. The van der Waals surface area contributed by atoms with Gasteiger partial charge in [-0.05, 0) is 37.1 Å². The predicted molar refractivity (Wildman–Crippen MR) is 70.4 cm³/mol. The average molecular weight is 297 g/mol. The van der Waals surface area contributed by atoms with Crippen molar-refractivity contribution in [3.63, 3.8) is 0 Å². The van der Waals surface area contributed by atoms with Crippen LogP contribution < -0.4 is 5.32 Å². The second-order valence-electron chi connectivity index (χ2n) is 4.83. The first-order valence-corrected chi connectivity index (χ1v) is 6.52. The number of anilines is 1. The van der Waals surface area contributed by atoms with Gasteiger partial charge in [0.2, 0.25) is 5.91 Å². The van der Waals surface area contributed by atoms with Crippen LogP contribution in [0.2, 0.25) is 0 Å². The molecule has 0 spiro atoms. The van der Waals surface area contributed by atoms with E-state index in [-0.39, 0.29) is 19.5 Å². The van der Waals surface area contributed by atoms with E-state index in [0.717, 1.165) is 4.90 Å². The number of hydrogen-bond acceptors (Lipinski definition) is 3. The van der Waals surface area contributed by atoms with Gasteiger partial charge in [-0.2, -0.15) is 18.4 Å². The van der Waals surface area contributed by atoms with Gasteiger partial charge in [0.05, 0.1) is 18.2 Å². The van der Waals surface area contributed by atoms with Crippen molar-refractivity contribution in [2.75, 3.05) is 18.4 Å². The van der Waals surface area contributed by atoms with Gasteiger partial charge in [0, 0.05) is 12.2 Å². The maximum absolute atomic E-state index is 12.8. The van der Waals surface area contributed by atoms with Crippen molar-refractivity contribution in [3.05, 3.63) is 29.8 Å². The SMILES string of the molecule is N#Cc1ccc(NCC(=O)N2CCCC2C(F)(F)F)cc1. The van der Waals surface area contributed by atoms with Crippen molar-refractivity contribution >= 4 is 11.6 Å². The zero-order valence-corrected chi connectivity index (χ0v) is 11.2. The van der Waals surface area contributed by atoms with E-state index < -0.39 is 18.1 Å². The number of nitriles is 1. The van der Waals surface area contributed by atoms with Crippen LogP contribution in [0.1, 0.15) is 18.4 Å². The lowest BCUT2D eigenvalue weighted by molar-refractivity contribution is -0.181. The summed E-state index contributed by atoms with van der Waals surface area (Å²) in [7, 11) is 0. The van der Waals surface area contributed by atoms with Crippen LogP contribution in [0.4, 0.5) is 18.9 Å². The summed E-state index contributed by atoms with van der Waals surface area (Å²) in [5.41, 5.74) is 1.06. The van der Waals surface area contributed by atoms with E-state index in [9.17, 15) is 18.0 Å². The Kier molecular flexibility index (Phi) is 4.36. The van der Waals surface area contributed by atoms with E-state index in [1.54, 1.807) is 24.3 Å². The molecule has 2 rings (SSSR count). The second kappa shape index (κ2) is 6.04. The Morgan fingerprint density at radius 3 is 2.62 bits per heavy atom. The van der Waals surface area contributed by atoms with Gasteiger partial charge < -0.3 is 10.2 Å². The van der Waals surface area contributed by atoms with Gasteiger partial charge in [0.15, 0.2) is 0 Å². The Balaban J connectivity index is 1.93. The lowest BCUT2D eigenvalue weighted by Crippen LogP contribution is -2.46. The van der Waals surface area contributed by atoms with Crippen LogP contribution in [0.3, 0.4) is 0 Å². The summed E-state index contributed by atoms with van der Waals surface area (Å²) in [6.45, 7) is -0.0590. The lowest BCUT2D eigenvalue weighted by atomic mass is 10.2. The van der Waals surface area contributed by atoms with Crippen LogP contribution in [0.15, 0.2) is 24.3 Å². The molecule has 1 aromatic carbocycles. The number of rotatable bonds is 3. The van der Waals surface area contributed by atoms with Crippen LogP contribution >= 0.6 is 0 Å². The molecule has 1 amide bonds. The van der Waals surface area contributed by atoms with Crippen molar-refractivity contribution in [2.45, 2.75) is 25.1 Å². The number of likely N-dealkylation sites (tertiary alicyclic amines) is 1. The monoisotopic (exact) mass is 297 g/mol. The maximum Gasteiger partial charge on any atom is 0.408 e. The molecule has 4 nitrogen and oxygen atoms in total. The van der Waals surface area contributed by atoms with Crippen molar-refractivity contribution in [1.82, 2.24) is 4.90 Å². The summed E-state index contributed by atoms with van der Waals surface area (Å²) in [5, 5.41) is 11.4. The van der Waals surface area contributed by atoms with Crippen LogP contribution in [0.25, 0.3) is 0 Å². The fourth-order valence-electron chi connectivity index (χ4n) is 2.35. The minimum Gasteiger partial charge on any atom is -0.376 e. The van der Waals surface area contributed by atoms with Crippen molar-refractivity contribution in [3.8, 4) is 6.07 Å². The molecular weight excluding hydrogens is 283 g/mol. The third kappa shape index (κ3) is 3.66.